The van der Waals surface area contributed by atoms with Crippen molar-refractivity contribution < 1.29 is 9.47 Å². The third-order valence-corrected chi connectivity index (χ3v) is 3.55. The molecule has 0 aliphatic carbocycles. The molecule has 0 aliphatic rings. The molecule has 1 aromatic carbocycles. The predicted octanol–water partition coefficient (Wildman–Crippen LogP) is 2.91. The van der Waals surface area contributed by atoms with E-state index in [-0.39, 0.29) is 6.04 Å². The molecule has 4 nitrogen and oxygen atoms in total. The molecule has 1 N–H and O–H groups in total. The maximum atomic E-state index is 5.47. The van der Waals surface area contributed by atoms with Crippen LogP contribution in [-0.2, 0) is 6.42 Å². The summed E-state index contributed by atoms with van der Waals surface area (Å²) in [6.45, 7) is 2.04. The SMILES string of the molecule is CNC(Cc1ccc(C)cn1)c1cc(OC)ccc1OC. The predicted molar refractivity (Wildman–Crippen MR) is 84.0 cm³/mol. The van der Waals surface area contributed by atoms with Gasteiger partial charge in [0.15, 0.2) is 0 Å². The van der Waals surface area contributed by atoms with Gasteiger partial charge in [0.2, 0.25) is 0 Å². The first-order valence-electron chi connectivity index (χ1n) is 6.98. The first-order valence-corrected chi connectivity index (χ1v) is 6.98. The molecule has 2 aromatic rings. The largest absolute Gasteiger partial charge is 0.497 e. The molecule has 112 valence electrons. The fraction of sp³-hybridized carbons (Fsp3) is 0.353. The van der Waals surface area contributed by atoms with Crippen LogP contribution >= 0.6 is 0 Å². The molecule has 0 radical (unpaired) electrons. The zero-order valence-electron chi connectivity index (χ0n) is 13.0. The summed E-state index contributed by atoms with van der Waals surface area (Å²) < 4.78 is 10.8. The quantitative estimate of drug-likeness (QED) is 0.886. The second-order valence-corrected chi connectivity index (χ2v) is 4.98. The molecule has 0 aliphatic heterocycles. The van der Waals surface area contributed by atoms with E-state index in [1.54, 1.807) is 14.2 Å². The van der Waals surface area contributed by atoms with Gasteiger partial charge in [-0.1, -0.05) is 6.07 Å². The van der Waals surface area contributed by atoms with Gasteiger partial charge in [0, 0.05) is 29.9 Å². The van der Waals surface area contributed by atoms with Crippen molar-refractivity contribution in [2.45, 2.75) is 19.4 Å². The highest BCUT2D eigenvalue weighted by atomic mass is 16.5. The molecule has 1 aromatic heterocycles. The number of pyridine rings is 1. The molecule has 0 spiro atoms. The normalized spacial score (nSPS) is 12.0. The van der Waals surface area contributed by atoms with Gasteiger partial charge in [-0.3, -0.25) is 4.98 Å². The molecule has 1 atom stereocenters. The van der Waals surface area contributed by atoms with Gasteiger partial charge in [-0.25, -0.2) is 0 Å². The third-order valence-electron chi connectivity index (χ3n) is 3.55. The van der Waals surface area contributed by atoms with Crippen LogP contribution in [0.2, 0.25) is 0 Å². The smallest absolute Gasteiger partial charge is 0.123 e. The average Bonchev–Trinajstić information content (AvgIpc) is 2.53. The summed E-state index contributed by atoms with van der Waals surface area (Å²) in [6.07, 6.45) is 2.69. The van der Waals surface area contributed by atoms with Crippen molar-refractivity contribution >= 4 is 0 Å². The van der Waals surface area contributed by atoms with Crippen LogP contribution in [0.3, 0.4) is 0 Å². The van der Waals surface area contributed by atoms with Gasteiger partial charge in [0.1, 0.15) is 11.5 Å². The molecule has 1 unspecified atom stereocenters. The molecule has 2 rings (SSSR count). The van der Waals surface area contributed by atoms with Crippen molar-refractivity contribution in [1.82, 2.24) is 10.3 Å². The third kappa shape index (κ3) is 3.73. The van der Waals surface area contributed by atoms with Gasteiger partial charge in [0.25, 0.3) is 0 Å². The first kappa shape index (κ1) is 15.3. The second-order valence-electron chi connectivity index (χ2n) is 4.98. The number of nitrogens with one attached hydrogen (secondary N) is 1. The zero-order valence-corrected chi connectivity index (χ0v) is 13.0. The summed E-state index contributed by atoms with van der Waals surface area (Å²) in [4.78, 5) is 4.48. The zero-order chi connectivity index (χ0) is 15.2. The van der Waals surface area contributed by atoms with Crippen molar-refractivity contribution in [1.29, 1.82) is 0 Å². The minimum Gasteiger partial charge on any atom is -0.497 e. The number of nitrogens with zero attached hydrogens (tertiary/aromatic N) is 1. The van der Waals surface area contributed by atoms with E-state index in [0.717, 1.165) is 29.2 Å². The van der Waals surface area contributed by atoms with E-state index in [2.05, 4.69) is 22.4 Å². The van der Waals surface area contributed by atoms with Crippen LogP contribution < -0.4 is 14.8 Å². The molecule has 0 amide bonds. The Morgan fingerprint density at radius 2 is 1.95 bits per heavy atom. The Bertz CT molecular complexity index is 582. The van der Waals surface area contributed by atoms with E-state index >= 15 is 0 Å². The molecule has 0 bridgehead atoms. The van der Waals surface area contributed by atoms with Crippen LogP contribution in [0.15, 0.2) is 36.5 Å². The number of hydrogen-bond acceptors (Lipinski definition) is 4. The number of aryl methyl sites for hydroxylation is 1. The summed E-state index contributed by atoms with van der Waals surface area (Å²) >= 11 is 0. The van der Waals surface area contributed by atoms with Crippen LogP contribution in [0.1, 0.15) is 22.9 Å². The number of ether oxygens (including phenoxy) is 2. The number of methoxy groups -OCH3 is 2. The number of aromatic nitrogens is 1. The van der Waals surface area contributed by atoms with E-state index in [0.29, 0.717) is 0 Å². The Labute approximate surface area is 126 Å². The van der Waals surface area contributed by atoms with Gasteiger partial charge in [-0.15, -0.1) is 0 Å². The summed E-state index contributed by atoms with van der Waals surface area (Å²) in [6, 6.07) is 10.1. The lowest BCUT2D eigenvalue weighted by molar-refractivity contribution is 0.391. The topological polar surface area (TPSA) is 43.4 Å². The summed E-state index contributed by atoms with van der Waals surface area (Å²) in [5, 5.41) is 3.33. The molecule has 0 saturated carbocycles. The van der Waals surface area contributed by atoms with Crippen LogP contribution in [-0.4, -0.2) is 26.3 Å². The number of likely N-dealkylation sites (N-methyl/N-ethyl adjacent to an activating group) is 1. The monoisotopic (exact) mass is 286 g/mol. The van der Waals surface area contributed by atoms with Crippen molar-refractivity contribution in [3.8, 4) is 11.5 Å². The number of hydrogen-bond donors (Lipinski definition) is 1. The van der Waals surface area contributed by atoms with Crippen LogP contribution in [0.5, 0.6) is 11.5 Å². The lowest BCUT2D eigenvalue weighted by Crippen LogP contribution is -2.20. The van der Waals surface area contributed by atoms with E-state index in [9.17, 15) is 0 Å². The highest BCUT2D eigenvalue weighted by molar-refractivity contribution is 5.42. The van der Waals surface area contributed by atoms with Crippen LogP contribution in [0.4, 0.5) is 0 Å². The van der Waals surface area contributed by atoms with Gasteiger partial charge in [-0.2, -0.15) is 0 Å². The van der Waals surface area contributed by atoms with Crippen molar-refractivity contribution in [2.24, 2.45) is 0 Å². The lowest BCUT2D eigenvalue weighted by atomic mass is 10.00. The molecule has 4 heteroatoms. The van der Waals surface area contributed by atoms with E-state index in [1.807, 2.05) is 38.4 Å². The Morgan fingerprint density at radius 3 is 2.52 bits per heavy atom. The maximum absolute atomic E-state index is 5.47. The van der Waals surface area contributed by atoms with E-state index in [1.165, 1.54) is 5.56 Å². The minimum absolute atomic E-state index is 0.116. The van der Waals surface area contributed by atoms with Crippen molar-refractivity contribution in [3.63, 3.8) is 0 Å². The molecule has 0 saturated heterocycles. The van der Waals surface area contributed by atoms with Crippen LogP contribution in [0, 0.1) is 6.92 Å². The van der Waals surface area contributed by atoms with Gasteiger partial charge in [0.05, 0.1) is 14.2 Å². The highest BCUT2D eigenvalue weighted by Gasteiger charge is 2.16. The summed E-state index contributed by atoms with van der Waals surface area (Å²) in [5.41, 5.74) is 3.28. The maximum Gasteiger partial charge on any atom is 0.123 e. The highest BCUT2D eigenvalue weighted by Crippen LogP contribution is 2.30. The average molecular weight is 286 g/mol. The Morgan fingerprint density at radius 1 is 1.14 bits per heavy atom. The summed E-state index contributed by atoms with van der Waals surface area (Å²) in [5.74, 6) is 1.67. The first-order chi connectivity index (χ1) is 10.2. The fourth-order valence-electron chi connectivity index (χ4n) is 2.31. The Hall–Kier alpha value is -2.07. The van der Waals surface area contributed by atoms with E-state index < -0.39 is 0 Å². The molecular weight excluding hydrogens is 264 g/mol. The molecular formula is C17H22N2O2. The lowest BCUT2D eigenvalue weighted by Gasteiger charge is -2.20. The van der Waals surface area contributed by atoms with Crippen molar-refractivity contribution in [2.75, 3.05) is 21.3 Å². The Balaban J connectivity index is 2.29. The Kier molecular flexibility index (Phi) is 5.17. The number of benzene rings is 1. The van der Waals surface area contributed by atoms with Crippen LogP contribution in [0.25, 0.3) is 0 Å². The van der Waals surface area contributed by atoms with Gasteiger partial charge in [-0.05, 0) is 43.8 Å². The number of rotatable bonds is 6. The fourth-order valence-corrected chi connectivity index (χ4v) is 2.31. The van der Waals surface area contributed by atoms with Gasteiger partial charge < -0.3 is 14.8 Å². The molecule has 1 heterocycles. The summed E-state index contributed by atoms with van der Waals surface area (Å²) in [7, 11) is 5.29. The molecule has 21 heavy (non-hydrogen) atoms. The second kappa shape index (κ2) is 7.09. The minimum atomic E-state index is 0.116. The van der Waals surface area contributed by atoms with Crippen molar-refractivity contribution in [3.05, 3.63) is 53.3 Å². The standard InChI is InChI=1S/C17H22N2O2/c1-12-5-6-13(19-11-12)9-16(18-2)15-10-14(20-3)7-8-17(15)21-4/h5-8,10-11,16,18H,9H2,1-4H3. The van der Waals surface area contributed by atoms with Gasteiger partial charge >= 0.3 is 0 Å². The molecule has 0 fully saturated rings. The van der Waals surface area contributed by atoms with E-state index in [4.69, 9.17) is 9.47 Å².